The normalized spacial score (nSPS) is 10.0. The third-order valence-corrected chi connectivity index (χ3v) is 3.09. The minimum Gasteiger partial charge on any atom is -0.494 e. The molecule has 2 rings (SSSR count). The third kappa shape index (κ3) is 5.04. The van der Waals surface area contributed by atoms with Gasteiger partial charge in [0.25, 0.3) is 0 Å². The van der Waals surface area contributed by atoms with Crippen LogP contribution in [-0.2, 0) is 6.54 Å². The number of aryl methyl sites for hydroxylation is 1. The number of nitrogens with one attached hydrogen (secondary N) is 2. The molecule has 0 unspecified atom stereocenters. The predicted octanol–water partition coefficient (Wildman–Crippen LogP) is 3.28. The number of hydrogen-bond donors (Lipinski definition) is 2. The fourth-order valence-electron chi connectivity index (χ4n) is 1.82. The second-order valence-corrected chi connectivity index (χ2v) is 5.01. The first-order valence-electron chi connectivity index (χ1n) is 6.86. The lowest BCUT2D eigenvalue weighted by Crippen LogP contribution is -2.28. The maximum atomic E-state index is 5.41. The monoisotopic (exact) mass is 301 g/mol. The minimum absolute atomic E-state index is 0.557. The molecule has 1 aromatic carbocycles. The van der Waals surface area contributed by atoms with Crippen molar-refractivity contribution in [3.8, 4) is 5.75 Å². The Labute approximate surface area is 130 Å². The average molecular weight is 301 g/mol. The van der Waals surface area contributed by atoms with Gasteiger partial charge in [0.1, 0.15) is 11.6 Å². The molecule has 0 fully saturated rings. The number of rotatable bonds is 5. The summed E-state index contributed by atoms with van der Waals surface area (Å²) in [6, 6.07) is 11.8. The Morgan fingerprint density at radius 3 is 2.67 bits per heavy atom. The lowest BCUT2D eigenvalue weighted by molar-refractivity contribution is 0.340. The van der Waals surface area contributed by atoms with E-state index >= 15 is 0 Å². The van der Waals surface area contributed by atoms with E-state index in [1.54, 1.807) is 6.20 Å². The van der Waals surface area contributed by atoms with Crippen LogP contribution >= 0.6 is 12.2 Å². The molecule has 21 heavy (non-hydrogen) atoms. The summed E-state index contributed by atoms with van der Waals surface area (Å²) >= 11 is 5.26. The molecule has 0 spiro atoms. The fraction of sp³-hybridized carbons (Fsp3) is 0.250. The van der Waals surface area contributed by atoms with Crippen molar-refractivity contribution >= 4 is 23.1 Å². The molecular formula is C16H19N3OS. The van der Waals surface area contributed by atoms with E-state index < -0.39 is 0 Å². The molecule has 0 amide bonds. The van der Waals surface area contributed by atoms with E-state index in [0.717, 1.165) is 22.7 Å². The number of aromatic nitrogens is 1. The molecule has 0 saturated heterocycles. The first kappa shape index (κ1) is 15.3. The molecule has 0 radical (unpaired) electrons. The Kier molecular flexibility index (Phi) is 5.51. The molecule has 2 N–H and O–H groups in total. The highest BCUT2D eigenvalue weighted by molar-refractivity contribution is 7.80. The van der Waals surface area contributed by atoms with Gasteiger partial charge in [-0.1, -0.05) is 12.1 Å². The van der Waals surface area contributed by atoms with Crippen LogP contribution in [0.5, 0.6) is 5.75 Å². The van der Waals surface area contributed by atoms with E-state index in [4.69, 9.17) is 17.0 Å². The zero-order valence-corrected chi connectivity index (χ0v) is 13.0. The van der Waals surface area contributed by atoms with Crippen molar-refractivity contribution < 1.29 is 4.74 Å². The lowest BCUT2D eigenvalue weighted by atomic mass is 10.2. The Bertz CT molecular complexity index is 599. The molecule has 110 valence electrons. The molecule has 1 heterocycles. The van der Waals surface area contributed by atoms with E-state index in [2.05, 4.69) is 15.6 Å². The standard InChI is InChI=1S/C16H19N3OS/c1-3-20-14-6-4-13(5-7-14)11-18-16(21)19-15-10-12(2)8-9-17-15/h4-10H,3,11H2,1-2H3,(H2,17,18,19,21). The third-order valence-electron chi connectivity index (χ3n) is 2.84. The lowest BCUT2D eigenvalue weighted by Gasteiger charge is -2.10. The van der Waals surface area contributed by atoms with Crippen molar-refractivity contribution in [2.24, 2.45) is 0 Å². The number of pyridine rings is 1. The summed E-state index contributed by atoms with van der Waals surface area (Å²) in [6.07, 6.45) is 1.76. The summed E-state index contributed by atoms with van der Waals surface area (Å²) in [5, 5.41) is 6.78. The van der Waals surface area contributed by atoms with Gasteiger partial charge in [-0.3, -0.25) is 0 Å². The van der Waals surface area contributed by atoms with Gasteiger partial charge in [0.15, 0.2) is 5.11 Å². The summed E-state index contributed by atoms with van der Waals surface area (Å²) in [5.74, 6) is 1.63. The second-order valence-electron chi connectivity index (χ2n) is 4.60. The smallest absolute Gasteiger partial charge is 0.172 e. The van der Waals surface area contributed by atoms with Gasteiger partial charge in [0.2, 0.25) is 0 Å². The number of ether oxygens (including phenoxy) is 1. The van der Waals surface area contributed by atoms with Gasteiger partial charge in [-0.25, -0.2) is 4.98 Å². The zero-order valence-electron chi connectivity index (χ0n) is 12.2. The van der Waals surface area contributed by atoms with Crippen molar-refractivity contribution in [3.63, 3.8) is 0 Å². The first-order chi connectivity index (χ1) is 10.2. The van der Waals surface area contributed by atoms with Crippen molar-refractivity contribution in [3.05, 3.63) is 53.7 Å². The van der Waals surface area contributed by atoms with E-state index in [1.807, 2.05) is 50.2 Å². The molecule has 0 atom stereocenters. The summed E-state index contributed by atoms with van der Waals surface area (Å²) in [4.78, 5) is 4.21. The van der Waals surface area contributed by atoms with Gasteiger partial charge in [-0.2, -0.15) is 0 Å². The van der Waals surface area contributed by atoms with Crippen LogP contribution in [0.3, 0.4) is 0 Å². The topological polar surface area (TPSA) is 46.2 Å². The summed E-state index contributed by atoms with van der Waals surface area (Å²) in [7, 11) is 0. The SMILES string of the molecule is CCOc1ccc(CNC(=S)Nc2cc(C)ccn2)cc1. The highest BCUT2D eigenvalue weighted by Crippen LogP contribution is 2.12. The molecule has 0 saturated carbocycles. The molecule has 0 aliphatic carbocycles. The Morgan fingerprint density at radius 1 is 1.24 bits per heavy atom. The molecule has 2 aromatic rings. The molecular weight excluding hydrogens is 282 g/mol. The van der Waals surface area contributed by atoms with Crippen molar-refractivity contribution in [1.29, 1.82) is 0 Å². The molecule has 5 heteroatoms. The maximum Gasteiger partial charge on any atom is 0.172 e. The summed E-state index contributed by atoms with van der Waals surface area (Å²) in [6.45, 7) is 5.32. The minimum atomic E-state index is 0.557. The van der Waals surface area contributed by atoms with Gasteiger partial charge in [0.05, 0.1) is 6.61 Å². The van der Waals surface area contributed by atoms with E-state index in [0.29, 0.717) is 18.3 Å². The average Bonchev–Trinajstić information content (AvgIpc) is 2.47. The first-order valence-corrected chi connectivity index (χ1v) is 7.27. The van der Waals surface area contributed by atoms with Crippen LogP contribution in [-0.4, -0.2) is 16.7 Å². The quantitative estimate of drug-likeness (QED) is 0.830. The van der Waals surface area contributed by atoms with Gasteiger partial charge in [-0.15, -0.1) is 0 Å². The number of benzene rings is 1. The summed E-state index contributed by atoms with van der Waals surface area (Å²) < 4.78 is 5.41. The van der Waals surface area contributed by atoms with Crippen LogP contribution in [0.25, 0.3) is 0 Å². The van der Waals surface area contributed by atoms with E-state index in [9.17, 15) is 0 Å². The Morgan fingerprint density at radius 2 is 2.00 bits per heavy atom. The molecule has 1 aromatic heterocycles. The largest absolute Gasteiger partial charge is 0.494 e. The molecule has 4 nitrogen and oxygen atoms in total. The molecule has 0 bridgehead atoms. The number of nitrogens with zero attached hydrogens (tertiary/aromatic N) is 1. The van der Waals surface area contributed by atoms with E-state index in [-0.39, 0.29) is 0 Å². The zero-order chi connectivity index (χ0) is 15.1. The molecule has 0 aliphatic heterocycles. The highest BCUT2D eigenvalue weighted by atomic mass is 32.1. The van der Waals surface area contributed by atoms with Crippen LogP contribution in [0.4, 0.5) is 5.82 Å². The molecule has 0 aliphatic rings. The predicted molar refractivity (Wildman–Crippen MR) is 89.6 cm³/mol. The summed E-state index contributed by atoms with van der Waals surface area (Å²) in [5.41, 5.74) is 2.28. The number of hydrogen-bond acceptors (Lipinski definition) is 3. The van der Waals surface area contributed by atoms with Crippen LogP contribution in [0.15, 0.2) is 42.6 Å². The van der Waals surface area contributed by atoms with Crippen molar-refractivity contribution in [2.45, 2.75) is 20.4 Å². The van der Waals surface area contributed by atoms with Gasteiger partial charge in [-0.05, 0) is 61.5 Å². The fourth-order valence-corrected chi connectivity index (χ4v) is 1.99. The van der Waals surface area contributed by atoms with Gasteiger partial charge < -0.3 is 15.4 Å². The number of thiocarbonyl (C=S) groups is 1. The van der Waals surface area contributed by atoms with Crippen LogP contribution in [0.2, 0.25) is 0 Å². The van der Waals surface area contributed by atoms with Crippen LogP contribution < -0.4 is 15.4 Å². The van der Waals surface area contributed by atoms with Gasteiger partial charge in [0, 0.05) is 12.7 Å². The van der Waals surface area contributed by atoms with Crippen molar-refractivity contribution in [1.82, 2.24) is 10.3 Å². The second kappa shape index (κ2) is 7.59. The maximum absolute atomic E-state index is 5.41. The van der Waals surface area contributed by atoms with E-state index in [1.165, 1.54) is 0 Å². The Hall–Kier alpha value is -2.14. The van der Waals surface area contributed by atoms with Gasteiger partial charge >= 0.3 is 0 Å². The Balaban J connectivity index is 1.83. The highest BCUT2D eigenvalue weighted by Gasteiger charge is 2.00. The number of anilines is 1. The van der Waals surface area contributed by atoms with Crippen LogP contribution in [0.1, 0.15) is 18.1 Å². The van der Waals surface area contributed by atoms with Crippen molar-refractivity contribution in [2.75, 3.05) is 11.9 Å². The van der Waals surface area contributed by atoms with Crippen LogP contribution in [0, 0.1) is 6.92 Å².